The molecule has 2 nitrogen and oxygen atoms in total. The zero-order valence-corrected chi connectivity index (χ0v) is 6.82. The van der Waals surface area contributed by atoms with E-state index in [1.165, 1.54) is 0 Å². The van der Waals surface area contributed by atoms with Crippen molar-refractivity contribution in [2.24, 2.45) is 5.41 Å². The molecular weight excluding hydrogens is 114 g/mol. The summed E-state index contributed by atoms with van der Waals surface area (Å²) in [5.41, 5.74) is 3.07. The standard InChI is InChI=1S/C7H17NO/c1-5-8-9-6-7(2,3)4/h8H,5-6H2,1-4H3. The molecule has 0 saturated carbocycles. The van der Waals surface area contributed by atoms with Crippen LogP contribution in [-0.2, 0) is 4.84 Å². The van der Waals surface area contributed by atoms with E-state index in [2.05, 4.69) is 26.3 Å². The Morgan fingerprint density at radius 2 is 1.89 bits per heavy atom. The SMILES string of the molecule is CCNOCC(C)(C)C. The highest BCUT2D eigenvalue weighted by Gasteiger charge is 2.08. The quantitative estimate of drug-likeness (QED) is 0.463. The molecule has 0 atom stereocenters. The van der Waals surface area contributed by atoms with E-state index >= 15 is 0 Å². The lowest BCUT2D eigenvalue weighted by Crippen LogP contribution is -2.22. The van der Waals surface area contributed by atoms with Gasteiger partial charge in [0.05, 0.1) is 6.61 Å². The molecule has 0 fully saturated rings. The van der Waals surface area contributed by atoms with Crippen LogP contribution in [0.5, 0.6) is 0 Å². The lowest BCUT2D eigenvalue weighted by Gasteiger charge is -2.17. The topological polar surface area (TPSA) is 21.3 Å². The molecule has 0 bridgehead atoms. The summed E-state index contributed by atoms with van der Waals surface area (Å²) < 4.78 is 0. The molecule has 0 aromatic carbocycles. The summed E-state index contributed by atoms with van der Waals surface area (Å²) in [6.45, 7) is 10.1. The maximum Gasteiger partial charge on any atom is 0.0730 e. The largest absolute Gasteiger partial charge is 0.301 e. The molecule has 0 aliphatic carbocycles. The average molecular weight is 131 g/mol. The first-order valence-electron chi connectivity index (χ1n) is 3.41. The molecule has 0 aliphatic rings. The van der Waals surface area contributed by atoms with Crippen LogP contribution in [0.2, 0.25) is 0 Å². The summed E-state index contributed by atoms with van der Waals surface area (Å²) in [5.74, 6) is 0. The van der Waals surface area contributed by atoms with Crippen LogP contribution in [0.4, 0.5) is 0 Å². The molecule has 0 rings (SSSR count). The number of rotatable bonds is 3. The first-order valence-corrected chi connectivity index (χ1v) is 3.41. The van der Waals surface area contributed by atoms with E-state index in [9.17, 15) is 0 Å². The Labute approximate surface area is 57.5 Å². The highest BCUT2D eigenvalue weighted by atomic mass is 16.6. The monoisotopic (exact) mass is 131 g/mol. The van der Waals surface area contributed by atoms with Gasteiger partial charge in [-0.3, -0.25) is 0 Å². The summed E-state index contributed by atoms with van der Waals surface area (Å²) in [4.78, 5) is 5.10. The second-order valence-corrected chi connectivity index (χ2v) is 3.35. The van der Waals surface area contributed by atoms with Gasteiger partial charge in [0.25, 0.3) is 0 Å². The third kappa shape index (κ3) is 7.92. The van der Waals surface area contributed by atoms with Crippen molar-refractivity contribution in [1.29, 1.82) is 0 Å². The summed E-state index contributed by atoms with van der Waals surface area (Å²) in [5, 5.41) is 0. The van der Waals surface area contributed by atoms with Crippen molar-refractivity contribution in [3.05, 3.63) is 0 Å². The van der Waals surface area contributed by atoms with Gasteiger partial charge in [0.1, 0.15) is 0 Å². The van der Waals surface area contributed by atoms with Crippen LogP contribution in [0.3, 0.4) is 0 Å². The summed E-state index contributed by atoms with van der Waals surface area (Å²) >= 11 is 0. The van der Waals surface area contributed by atoms with E-state index in [0.717, 1.165) is 13.2 Å². The van der Waals surface area contributed by atoms with Gasteiger partial charge < -0.3 is 4.84 Å². The fraction of sp³-hybridized carbons (Fsp3) is 1.00. The minimum atomic E-state index is 0.266. The molecule has 0 aliphatic heterocycles. The van der Waals surface area contributed by atoms with Crippen LogP contribution in [-0.4, -0.2) is 13.2 Å². The molecular formula is C7H17NO. The smallest absolute Gasteiger partial charge is 0.0730 e. The van der Waals surface area contributed by atoms with Gasteiger partial charge in [-0.15, -0.1) is 0 Å². The molecule has 0 aromatic rings. The lowest BCUT2D eigenvalue weighted by atomic mass is 9.99. The Morgan fingerprint density at radius 1 is 1.33 bits per heavy atom. The van der Waals surface area contributed by atoms with Crippen molar-refractivity contribution in [3.8, 4) is 0 Å². The molecule has 2 heteroatoms. The molecule has 1 N–H and O–H groups in total. The van der Waals surface area contributed by atoms with Gasteiger partial charge in [-0.2, -0.15) is 0 Å². The van der Waals surface area contributed by atoms with E-state index in [-0.39, 0.29) is 5.41 Å². The van der Waals surface area contributed by atoms with Crippen LogP contribution in [0.1, 0.15) is 27.7 Å². The van der Waals surface area contributed by atoms with E-state index < -0.39 is 0 Å². The van der Waals surface area contributed by atoms with Gasteiger partial charge in [0.2, 0.25) is 0 Å². The predicted molar refractivity (Wildman–Crippen MR) is 39.1 cm³/mol. The van der Waals surface area contributed by atoms with E-state index in [1.54, 1.807) is 0 Å². The molecule has 0 radical (unpaired) electrons. The normalized spacial score (nSPS) is 12.0. The molecule has 0 aromatic heterocycles. The van der Waals surface area contributed by atoms with Crippen LogP contribution < -0.4 is 5.48 Å². The van der Waals surface area contributed by atoms with Crippen LogP contribution in [0.15, 0.2) is 0 Å². The first kappa shape index (κ1) is 8.92. The van der Waals surface area contributed by atoms with Gasteiger partial charge in [-0.1, -0.05) is 27.7 Å². The van der Waals surface area contributed by atoms with Crippen molar-refractivity contribution in [3.63, 3.8) is 0 Å². The van der Waals surface area contributed by atoms with Gasteiger partial charge >= 0.3 is 0 Å². The van der Waals surface area contributed by atoms with Crippen molar-refractivity contribution in [1.82, 2.24) is 5.48 Å². The summed E-state index contributed by atoms with van der Waals surface area (Å²) in [6.07, 6.45) is 0. The Hall–Kier alpha value is -0.0800. The van der Waals surface area contributed by atoms with E-state index in [1.807, 2.05) is 6.92 Å². The maximum absolute atomic E-state index is 5.10. The van der Waals surface area contributed by atoms with Gasteiger partial charge in [-0.05, 0) is 5.41 Å². The van der Waals surface area contributed by atoms with Gasteiger partial charge in [-0.25, -0.2) is 5.48 Å². The number of nitrogens with one attached hydrogen (secondary N) is 1. The second-order valence-electron chi connectivity index (χ2n) is 3.35. The van der Waals surface area contributed by atoms with Gasteiger partial charge in [0.15, 0.2) is 0 Å². The molecule has 9 heavy (non-hydrogen) atoms. The van der Waals surface area contributed by atoms with Crippen molar-refractivity contribution in [2.45, 2.75) is 27.7 Å². The molecule has 0 heterocycles. The lowest BCUT2D eigenvalue weighted by molar-refractivity contribution is -0.000165. The fourth-order valence-corrected chi connectivity index (χ4v) is 0.370. The third-order valence-corrected chi connectivity index (χ3v) is 0.752. The van der Waals surface area contributed by atoms with Crippen molar-refractivity contribution in [2.75, 3.05) is 13.2 Å². The Kier molecular flexibility index (Phi) is 3.82. The fourth-order valence-electron chi connectivity index (χ4n) is 0.370. The highest BCUT2D eigenvalue weighted by Crippen LogP contribution is 2.11. The Bertz CT molecular complexity index is 65.8. The molecule has 0 unspecified atom stereocenters. The third-order valence-electron chi connectivity index (χ3n) is 0.752. The zero-order chi connectivity index (χ0) is 7.33. The molecule has 56 valence electrons. The Balaban J connectivity index is 3.07. The number of hydrogen-bond donors (Lipinski definition) is 1. The Morgan fingerprint density at radius 3 is 2.22 bits per heavy atom. The summed E-state index contributed by atoms with van der Waals surface area (Å²) in [7, 11) is 0. The zero-order valence-electron chi connectivity index (χ0n) is 6.82. The van der Waals surface area contributed by atoms with Crippen LogP contribution in [0.25, 0.3) is 0 Å². The minimum Gasteiger partial charge on any atom is -0.301 e. The summed E-state index contributed by atoms with van der Waals surface area (Å²) in [6, 6.07) is 0. The van der Waals surface area contributed by atoms with Crippen LogP contribution in [0, 0.1) is 5.41 Å². The van der Waals surface area contributed by atoms with E-state index in [4.69, 9.17) is 4.84 Å². The first-order chi connectivity index (χ1) is 4.06. The van der Waals surface area contributed by atoms with E-state index in [0.29, 0.717) is 0 Å². The molecule has 0 spiro atoms. The van der Waals surface area contributed by atoms with Crippen LogP contribution >= 0.6 is 0 Å². The maximum atomic E-state index is 5.10. The number of hydroxylamine groups is 1. The van der Waals surface area contributed by atoms with Crippen molar-refractivity contribution >= 4 is 0 Å². The molecule has 0 saturated heterocycles. The second kappa shape index (κ2) is 3.85. The highest BCUT2D eigenvalue weighted by molar-refractivity contribution is 4.57. The average Bonchev–Trinajstić information content (AvgIpc) is 1.63. The minimum absolute atomic E-state index is 0.266. The van der Waals surface area contributed by atoms with Gasteiger partial charge in [0, 0.05) is 6.54 Å². The van der Waals surface area contributed by atoms with Crippen molar-refractivity contribution < 1.29 is 4.84 Å². The predicted octanol–water partition coefficient (Wildman–Crippen LogP) is 1.57. The molecule has 0 amide bonds. The number of hydrogen-bond acceptors (Lipinski definition) is 2.